The second kappa shape index (κ2) is 8.36. The minimum atomic E-state index is -4.83. The average Bonchev–Trinajstić information content (AvgIpc) is 3.12. The zero-order chi connectivity index (χ0) is 22.2. The SMILES string of the molecule is CCCn1cc(C2CCN(C(=O)c3ccc(F)c(C(F)(F)F)c3)CC2)c2ccccc21. The first-order valence-corrected chi connectivity index (χ1v) is 10.5. The van der Waals surface area contributed by atoms with Gasteiger partial charge in [-0.25, -0.2) is 4.39 Å². The molecule has 0 N–H and O–H groups in total. The third kappa shape index (κ3) is 4.18. The van der Waals surface area contributed by atoms with Crippen LogP contribution in [0.15, 0.2) is 48.7 Å². The Kier molecular flexibility index (Phi) is 5.77. The lowest BCUT2D eigenvalue weighted by Gasteiger charge is -2.32. The predicted molar refractivity (Wildman–Crippen MR) is 112 cm³/mol. The topological polar surface area (TPSA) is 25.2 Å². The van der Waals surface area contributed by atoms with E-state index in [1.807, 2.05) is 12.1 Å². The Morgan fingerprint density at radius 1 is 1.10 bits per heavy atom. The van der Waals surface area contributed by atoms with E-state index in [0.29, 0.717) is 25.2 Å². The fourth-order valence-electron chi connectivity index (χ4n) is 4.48. The molecule has 0 atom stereocenters. The highest BCUT2D eigenvalue weighted by Gasteiger charge is 2.35. The molecule has 0 radical (unpaired) electrons. The van der Waals surface area contributed by atoms with Gasteiger partial charge in [-0.1, -0.05) is 25.1 Å². The summed E-state index contributed by atoms with van der Waals surface area (Å²) < 4.78 is 54.8. The number of aryl methyl sites for hydroxylation is 1. The maximum absolute atomic E-state index is 13.5. The molecule has 1 aliphatic heterocycles. The smallest absolute Gasteiger partial charge is 0.347 e. The molecule has 4 rings (SSSR count). The molecule has 164 valence electrons. The molecule has 0 spiro atoms. The van der Waals surface area contributed by atoms with E-state index in [1.54, 1.807) is 4.90 Å². The minimum absolute atomic E-state index is 0.133. The molecule has 2 heterocycles. The van der Waals surface area contributed by atoms with E-state index in [0.717, 1.165) is 31.9 Å². The number of alkyl halides is 3. The fourth-order valence-corrected chi connectivity index (χ4v) is 4.48. The molecule has 31 heavy (non-hydrogen) atoms. The van der Waals surface area contributed by atoms with Gasteiger partial charge in [0.25, 0.3) is 5.91 Å². The molecule has 1 aliphatic rings. The van der Waals surface area contributed by atoms with Crippen molar-refractivity contribution >= 4 is 16.8 Å². The maximum Gasteiger partial charge on any atom is 0.419 e. The van der Waals surface area contributed by atoms with E-state index in [-0.39, 0.29) is 11.5 Å². The van der Waals surface area contributed by atoms with Gasteiger partial charge in [-0.15, -0.1) is 0 Å². The predicted octanol–water partition coefficient (Wildman–Crippen LogP) is 6.23. The molecule has 0 unspecified atom stereocenters. The van der Waals surface area contributed by atoms with Crippen LogP contribution < -0.4 is 0 Å². The molecule has 2 aromatic carbocycles. The lowest BCUT2D eigenvalue weighted by molar-refractivity contribution is -0.140. The molecule has 1 amide bonds. The standard InChI is InChI=1S/C24H24F4N2O/c1-2-11-30-15-19(18-5-3-4-6-22(18)30)16-9-12-29(13-10-16)23(31)17-7-8-21(25)20(14-17)24(26,27)28/h3-8,14-16H,2,9-13H2,1H3. The number of para-hydroxylation sites is 1. The minimum Gasteiger partial charge on any atom is -0.347 e. The monoisotopic (exact) mass is 432 g/mol. The Hall–Kier alpha value is -2.83. The van der Waals surface area contributed by atoms with Crippen LogP contribution in [0.1, 0.15) is 53.6 Å². The van der Waals surface area contributed by atoms with E-state index < -0.39 is 23.5 Å². The average molecular weight is 432 g/mol. The van der Waals surface area contributed by atoms with Gasteiger partial charge in [-0.3, -0.25) is 4.79 Å². The number of hydrogen-bond donors (Lipinski definition) is 0. The highest BCUT2D eigenvalue weighted by Crippen LogP contribution is 2.36. The molecular weight excluding hydrogens is 408 g/mol. The molecular formula is C24H24F4N2O. The van der Waals surface area contributed by atoms with Gasteiger partial charge in [0.05, 0.1) is 5.56 Å². The summed E-state index contributed by atoms with van der Waals surface area (Å²) in [5.74, 6) is -1.57. The quantitative estimate of drug-likeness (QED) is 0.449. The van der Waals surface area contributed by atoms with Gasteiger partial charge in [0.2, 0.25) is 0 Å². The lowest BCUT2D eigenvalue weighted by Crippen LogP contribution is -2.38. The van der Waals surface area contributed by atoms with Crippen LogP contribution in [-0.2, 0) is 12.7 Å². The van der Waals surface area contributed by atoms with Crippen LogP contribution in [0.3, 0.4) is 0 Å². The molecule has 1 aromatic heterocycles. The first-order valence-electron chi connectivity index (χ1n) is 10.5. The Bertz CT molecular complexity index is 1090. The van der Waals surface area contributed by atoms with Crippen molar-refractivity contribution in [2.75, 3.05) is 13.1 Å². The van der Waals surface area contributed by atoms with Gasteiger partial charge < -0.3 is 9.47 Å². The molecule has 3 aromatic rings. The number of amides is 1. The molecule has 0 saturated carbocycles. The summed E-state index contributed by atoms with van der Waals surface area (Å²) in [5, 5.41) is 1.22. The van der Waals surface area contributed by atoms with Crippen LogP contribution in [-0.4, -0.2) is 28.5 Å². The van der Waals surface area contributed by atoms with Crippen LogP contribution in [0.2, 0.25) is 0 Å². The summed E-state index contributed by atoms with van der Waals surface area (Å²) in [6.45, 7) is 3.98. The number of likely N-dealkylation sites (tertiary alicyclic amines) is 1. The normalized spacial score (nSPS) is 15.6. The highest BCUT2D eigenvalue weighted by atomic mass is 19.4. The van der Waals surface area contributed by atoms with Crippen molar-refractivity contribution in [3.63, 3.8) is 0 Å². The van der Waals surface area contributed by atoms with E-state index >= 15 is 0 Å². The number of carbonyl (C=O) groups is 1. The number of hydrogen-bond acceptors (Lipinski definition) is 1. The van der Waals surface area contributed by atoms with Gasteiger partial charge in [0.1, 0.15) is 5.82 Å². The van der Waals surface area contributed by atoms with Crippen LogP contribution in [0.25, 0.3) is 10.9 Å². The second-order valence-electron chi connectivity index (χ2n) is 8.05. The summed E-state index contributed by atoms with van der Waals surface area (Å²) in [6.07, 6.45) is -0.132. The fraction of sp³-hybridized carbons (Fsp3) is 0.375. The van der Waals surface area contributed by atoms with E-state index in [1.165, 1.54) is 16.5 Å². The summed E-state index contributed by atoms with van der Waals surface area (Å²) >= 11 is 0. The van der Waals surface area contributed by atoms with Crippen molar-refractivity contribution in [3.05, 3.63) is 71.2 Å². The molecule has 1 fully saturated rings. The number of benzene rings is 2. The Morgan fingerprint density at radius 3 is 2.48 bits per heavy atom. The zero-order valence-corrected chi connectivity index (χ0v) is 17.3. The summed E-state index contributed by atoms with van der Waals surface area (Å²) in [5.41, 5.74) is 0.921. The Labute approximate surface area is 178 Å². The van der Waals surface area contributed by atoms with Crippen LogP contribution in [0, 0.1) is 5.82 Å². The second-order valence-corrected chi connectivity index (χ2v) is 8.05. The zero-order valence-electron chi connectivity index (χ0n) is 17.3. The van der Waals surface area contributed by atoms with Crippen molar-refractivity contribution in [1.29, 1.82) is 0 Å². The summed E-state index contributed by atoms with van der Waals surface area (Å²) in [7, 11) is 0. The molecule has 0 bridgehead atoms. The molecule has 0 aliphatic carbocycles. The number of rotatable bonds is 4. The number of carbonyl (C=O) groups excluding carboxylic acids is 1. The van der Waals surface area contributed by atoms with E-state index in [2.05, 4.69) is 29.8 Å². The van der Waals surface area contributed by atoms with Crippen LogP contribution in [0.5, 0.6) is 0 Å². The third-order valence-electron chi connectivity index (χ3n) is 6.02. The number of aromatic nitrogens is 1. The Morgan fingerprint density at radius 2 is 1.81 bits per heavy atom. The lowest BCUT2D eigenvalue weighted by atomic mass is 9.89. The number of nitrogens with zero attached hydrogens (tertiary/aromatic N) is 2. The van der Waals surface area contributed by atoms with Crippen molar-refractivity contribution < 1.29 is 22.4 Å². The maximum atomic E-state index is 13.5. The molecule has 7 heteroatoms. The van der Waals surface area contributed by atoms with Gasteiger partial charge >= 0.3 is 6.18 Å². The summed E-state index contributed by atoms with van der Waals surface area (Å²) in [6, 6.07) is 10.7. The first kappa shape index (κ1) is 21.4. The van der Waals surface area contributed by atoms with Gasteiger partial charge in [0, 0.05) is 42.3 Å². The molecule has 3 nitrogen and oxygen atoms in total. The van der Waals surface area contributed by atoms with Crippen molar-refractivity contribution in [3.8, 4) is 0 Å². The van der Waals surface area contributed by atoms with Crippen molar-refractivity contribution in [2.45, 2.75) is 44.8 Å². The van der Waals surface area contributed by atoms with Crippen LogP contribution >= 0.6 is 0 Å². The Balaban J connectivity index is 1.51. The van der Waals surface area contributed by atoms with Crippen molar-refractivity contribution in [2.24, 2.45) is 0 Å². The number of halogens is 4. The molecule has 1 saturated heterocycles. The van der Waals surface area contributed by atoms with Gasteiger partial charge in [-0.2, -0.15) is 13.2 Å². The first-order chi connectivity index (χ1) is 14.8. The van der Waals surface area contributed by atoms with Crippen molar-refractivity contribution in [1.82, 2.24) is 9.47 Å². The van der Waals surface area contributed by atoms with E-state index in [4.69, 9.17) is 0 Å². The number of fused-ring (bicyclic) bond motifs is 1. The number of piperidine rings is 1. The highest BCUT2D eigenvalue weighted by molar-refractivity contribution is 5.94. The van der Waals surface area contributed by atoms with Gasteiger partial charge in [0.15, 0.2) is 0 Å². The third-order valence-corrected chi connectivity index (χ3v) is 6.02. The summed E-state index contributed by atoms with van der Waals surface area (Å²) in [4.78, 5) is 14.3. The van der Waals surface area contributed by atoms with Crippen LogP contribution in [0.4, 0.5) is 17.6 Å². The van der Waals surface area contributed by atoms with Gasteiger partial charge in [-0.05, 0) is 55.0 Å². The van der Waals surface area contributed by atoms with E-state index in [9.17, 15) is 22.4 Å². The largest absolute Gasteiger partial charge is 0.419 e.